The summed E-state index contributed by atoms with van der Waals surface area (Å²) < 4.78 is 0. The number of benzene rings is 1. The molecular formula is C14H21NOS. The van der Waals surface area contributed by atoms with Gasteiger partial charge in [-0.15, -0.1) is 11.8 Å². The fourth-order valence-corrected chi connectivity index (χ4v) is 4.04. The molecule has 0 spiro atoms. The number of rotatable bonds is 3. The summed E-state index contributed by atoms with van der Waals surface area (Å²) in [6, 6.07) is 5.09. The number of aliphatic hydroxyl groups is 1. The Hall–Kier alpha value is -0.670. The Morgan fingerprint density at radius 2 is 2.18 bits per heavy atom. The van der Waals surface area contributed by atoms with Gasteiger partial charge in [0.25, 0.3) is 0 Å². The molecule has 1 aromatic rings. The van der Waals surface area contributed by atoms with Gasteiger partial charge >= 0.3 is 0 Å². The lowest BCUT2D eigenvalue weighted by Gasteiger charge is -2.37. The fourth-order valence-electron chi connectivity index (χ4n) is 2.57. The third kappa shape index (κ3) is 2.61. The first-order valence-electron chi connectivity index (χ1n) is 6.21. The number of anilines is 1. The van der Waals surface area contributed by atoms with Gasteiger partial charge in [0.15, 0.2) is 0 Å². The molecule has 0 aromatic heterocycles. The lowest BCUT2D eigenvalue weighted by molar-refractivity contribution is 0.280. The van der Waals surface area contributed by atoms with Crippen molar-refractivity contribution in [2.24, 2.45) is 0 Å². The van der Waals surface area contributed by atoms with Gasteiger partial charge in [-0.3, -0.25) is 0 Å². The largest absolute Gasteiger partial charge is 0.396 e. The second-order valence-electron chi connectivity index (χ2n) is 4.87. The average Bonchev–Trinajstić information content (AvgIpc) is 2.27. The van der Waals surface area contributed by atoms with Gasteiger partial charge in [-0.1, -0.05) is 6.07 Å². The van der Waals surface area contributed by atoms with Gasteiger partial charge in [-0.2, -0.15) is 0 Å². The number of aryl methyl sites for hydroxylation is 2. The van der Waals surface area contributed by atoms with Crippen molar-refractivity contribution in [1.29, 1.82) is 0 Å². The van der Waals surface area contributed by atoms with Crippen molar-refractivity contribution >= 4 is 17.4 Å². The van der Waals surface area contributed by atoms with Crippen LogP contribution in [0.2, 0.25) is 0 Å². The maximum Gasteiger partial charge on any atom is 0.0534 e. The van der Waals surface area contributed by atoms with Crippen molar-refractivity contribution in [3.8, 4) is 0 Å². The predicted octanol–water partition coefficient (Wildman–Crippen LogP) is 2.99. The van der Waals surface area contributed by atoms with E-state index in [0.717, 1.165) is 18.6 Å². The van der Waals surface area contributed by atoms with Gasteiger partial charge in [-0.05, 0) is 43.9 Å². The second-order valence-corrected chi connectivity index (χ2v) is 5.93. The molecule has 1 aliphatic heterocycles. The monoisotopic (exact) mass is 251 g/mol. The predicted molar refractivity (Wildman–Crippen MR) is 75.2 cm³/mol. The Labute approximate surface area is 108 Å². The molecule has 0 aliphatic carbocycles. The van der Waals surface area contributed by atoms with E-state index in [1.165, 1.54) is 21.7 Å². The second kappa shape index (κ2) is 5.32. The first-order valence-corrected chi connectivity index (χ1v) is 7.19. The summed E-state index contributed by atoms with van der Waals surface area (Å²) in [5, 5.41) is 8.94. The molecular weight excluding hydrogens is 230 g/mol. The molecule has 94 valence electrons. The third-order valence-electron chi connectivity index (χ3n) is 3.44. The van der Waals surface area contributed by atoms with Crippen molar-refractivity contribution in [2.45, 2.75) is 37.6 Å². The van der Waals surface area contributed by atoms with Gasteiger partial charge in [0.05, 0.1) is 5.69 Å². The number of fused-ring (bicyclic) bond motifs is 1. The molecule has 1 N–H and O–H groups in total. The van der Waals surface area contributed by atoms with E-state index in [0.29, 0.717) is 12.6 Å². The van der Waals surface area contributed by atoms with E-state index in [9.17, 15) is 0 Å². The molecule has 0 radical (unpaired) electrons. The van der Waals surface area contributed by atoms with Crippen LogP contribution in [0.5, 0.6) is 0 Å². The standard InChI is InChI=1S/C14H21NOS/c1-10-7-11(2)14-13(8-10)17-9-12(15(14)3)5-4-6-16/h7-8,12,16H,4-6,9H2,1-3H3. The van der Waals surface area contributed by atoms with Crippen LogP contribution in [0.1, 0.15) is 24.0 Å². The van der Waals surface area contributed by atoms with Crippen LogP contribution in [0.4, 0.5) is 5.69 Å². The van der Waals surface area contributed by atoms with Crippen LogP contribution in [0.15, 0.2) is 17.0 Å². The Bertz CT molecular complexity index is 405. The Morgan fingerprint density at radius 1 is 1.41 bits per heavy atom. The van der Waals surface area contributed by atoms with Crippen molar-refractivity contribution in [1.82, 2.24) is 0 Å². The van der Waals surface area contributed by atoms with Crippen molar-refractivity contribution in [2.75, 3.05) is 24.3 Å². The highest BCUT2D eigenvalue weighted by Crippen LogP contribution is 2.40. The van der Waals surface area contributed by atoms with E-state index in [2.05, 4.69) is 37.9 Å². The molecule has 1 aliphatic rings. The molecule has 1 atom stereocenters. The zero-order valence-electron chi connectivity index (χ0n) is 10.9. The first kappa shape index (κ1) is 12.8. The third-order valence-corrected chi connectivity index (χ3v) is 4.61. The SMILES string of the molecule is Cc1cc(C)c2c(c1)SCC(CCCO)N2C. The van der Waals surface area contributed by atoms with Gasteiger partial charge in [0, 0.05) is 30.3 Å². The molecule has 0 bridgehead atoms. The van der Waals surface area contributed by atoms with Crippen LogP contribution in [0, 0.1) is 13.8 Å². The maximum atomic E-state index is 8.94. The Morgan fingerprint density at radius 3 is 2.88 bits per heavy atom. The van der Waals surface area contributed by atoms with Gasteiger partial charge in [0.1, 0.15) is 0 Å². The zero-order chi connectivity index (χ0) is 12.4. The minimum absolute atomic E-state index is 0.300. The normalized spacial score (nSPS) is 19.3. The van der Waals surface area contributed by atoms with Gasteiger partial charge in [-0.25, -0.2) is 0 Å². The Kier molecular flexibility index (Phi) is 4.00. The van der Waals surface area contributed by atoms with E-state index in [1.807, 2.05) is 11.8 Å². The summed E-state index contributed by atoms with van der Waals surface area (Å²) in [6.07, 6.45) is 1.97. The molecule has 0 saturated carbocycles. The highest BCUT2D eigenvalue weighted by Gasteiger charge is 2.24. The van der Waals surface area contributed by atoms with Crippen LogP contribution < -0.4 is 4.90 Å². The van der Waals surface area contributed by atoms with E-state index >= 15 is 0 Å². The molecule has 3 heteroatoms. The van der Waals surface area contributed by atoms with Gasteiger partial charge in [0.2, 0.25) is 0 Å². The molecule has 2 rings (SSSR count). The molecule has 1 aromatic carbocycles. The number of hydrogen-bond acceptors (Lipinski definition) is 3. The van der Waals surface area contributed by atoms with E-state index in [-0.39, 0.29) is 0 Å². The fraction of sp³-hybridized carbons (Fsp3) is 0.571. The van der Waals surface area contributed by atoms with Crippen LogP contribution in [0.25, 0.3) is 0 Å². The summed E-state index contributed by atoms with van der Waals surface area (Å²) in [6.45, 7) is 4.65. The Balaban J connectivity index is 2.25. The highest BCUT2D eigenvalue weighted by molar-refractivity contribution is 7.99. The van der Waals surface area contributed by atoms with Crippen molar-refractivity contribution in [3.05, 3.63) is 23.3 Å². The summed E-state index contributed by atoms with van der Waals surface area (Å²) in [5.74, 6) is 1.13. The van der Waals surface area contributed by atoms with Crippen LogP contribution in [-0.4, -0.2) is 30.6 Å². The smallest absolute Gasteiger partial charge is 0.0534 e. The quantitative estimate of drug-likeness (QED) is 0.893. The first-order chi connectivity index (χ1) is 8.13. The minimum atomic E-state index is 0.300. The average molecular weight is 251 g/mol. The lowest BCUT2D eigenvalue weighted by atomic mass is 10.1. The number of thioether (sulfide) groups is 1. The van der Waals surface area contributed by atoms with Crippen molar-refractivity contribution in [3.63, 3.8) is 0 Å². The lowest BCUT2D eigenvalue weighted by Crippen LogP contribution is -2.37. The topological polar surface area (TPSA) is 23.5 Å². The van der Waals surface area contributed by atoms with Crippen LogP contribution >= 0.6 is 11.8 Å². The molecule has 0 amide bonds. The van der Waals surface area contributed by atoms with Crippen LogP contribution in [-0.2, 0) is 0 Å². The zero-order valence-corrected chi connectivity index (χ0v) is 11.7. The van der Waals surface area contributed by atoms with E-state index < -0.39 is 0 Å². The molecule has 0 fully saturated rings. The molecule has 1 heterocycles. The van der Waals surface area contributed by atoms with Crippen molar-refractivity contribution < 1.29 is 5.11 Å². The summed E-state index contributed by atoms with van der Waals surface area (Å²) in [7, 11) is 2.18. The minimum Gasteiger partial charge on any atom is -0.396 e. The van der Waals surface area contributed by atoms with E-state index in [4.69, 9.17) is 5.11 Å². The summed E-state index contributed by atoms with van der Waals surface area (Å²) in [5.41, 5.74) is 4.09. The molecule has 1 unspecified atom stereocenters. The van der Waals surface area contributed by atoms with Crippen LogP contribution in [0.3, 0.4) is 0 Å². The summed E-state index contributed by atoms with van der Waals surface area (Å²) in [4.78, 5) is 3.81. The number of nitrogens with zero attached hydrogens (tertiary/aromatic N) is 1. The molecule has 17 heavy (non-hydrogen) atoms. The maximum absolute atomic E-state index is 8.94. The molecule has 2 nitrogen and oxygen atoms in total. The molecule has 0 saturated heterocycles. The highest BCUT2D eigenvalue weighted by atomic mass is 32.2. The number of aliphatic hydroxyl groups excluding tert-OH is 1. The summed E-state index contributed by atoms with van der Waals surface area (Å²) >= 11 is 1.96. The van der Waals surface area contributed by atoms with E-state index in [1.54, 1.807) is 0 Å². The van der Waals surface area contributed by atoms with Gasteiger partial charge < -0.3 is 10.0 Å². The number of hydrogen-bond donors (Lipinski definition) is 1.